The van der Waals surface area contributed by atoms with E-state index in [1.807, 2.05) is 37.4 Å². The van der Waals surface area contributed by atoms with Gasteiger partial charge in [0, 0.05) is 13.6 Å². The van der Waals surface area contributed by atoms with E-state index in [2.05, 4.69) is 15.3 Å². The van der Waals surface area contributed by atoms with Crippen LogP contribution in [0, 0.1) is 5.92 Å². The summed E-state index contributed by atoms with van der Waals surface area (Å²) in [7, 11) is 2.04. The van der Waals surface area contributed by atoms with Gasteiger partial charge in [-0.3, -0.25) is 5.43 Å². The molecule has 0 unspecified atom stereocenters. The molecule has 0 aliphatic heterocycles. The second kappa shape index (κ2) is 6.40. The second-order valence-corrected chi connectivity index (χ2v) is 4.95. The maximum atomic E-state index is 5.57. The van der Waals surface area contributed by atoms with Crippen molar-refractivity contribution in [3.63, 3.8) is 0 Å². The molecule has 0 saturated heterocycles. The van der Waals surface area contributed by atoms with Gasteiger partial charge in [0.05, 0.1) is 5.69 Å². The van der Waals surface area contributed by atoms with Crippen LogP contribution in [0.25, 0.3) is 0 Å². The lowest BCUT2D eigenvalue weighted by molar-refractivity contribution is 0.379. The number of nitrogens with one attached hydrogen (secondary N) is 1. The molecule has 0 amide bonds. The Morgan fingerprint density at radius 3 is 2.61 bits per heavy atom. The first kappa shape index (κ1) is 12.9. The first-order chi connectivity index (χ1) is 8.79. The van der Waals surface area contributed by atoms with E-state index in [1.165, 1.54) is 25.7 Å². The molecule has 0 bridgehead atoms. The Labute approximate surface area is 109 Å². The summed E-state index contributed by atoms with van der Waals surface area (Å²) in [6.07, 6.45) is 5.38. The summed E-state index contributed by atoms with van der Waals surface area (Å²) in [5.74, 6) is 7.08. The number of nitrogens with zero attached hydrogens (tertiary/aromatic N) is 2. The number of nitrogens with two attached hydrogens (primary N) is 1. The Morgan fingerprint density at radius 2 is 2.00 bits per heavy atom. The molecular formula is C14H22N4. The van der Waals surface area contributed by atoms with Crippen molar-refractivity contribution in [3.05, 3.63) is 30.3 Å². The highest BCUT2D eigenvalue weighted by Crippen LogP contribution is 2.25. The number of rotatable bonds is 3. The van der Waals surface area contributed by atoms with E-state index in [1.54, 1.807) is 0 Å². The molecule has 0 spiro atoms. The van der Waals surface area contributed by atoms with Crippen LogP contribution in [0.5, 0.6) is 0 Å². The molecule has 0 aromatic heterocycles. The Bertz CT molecular complexity index is 382. The Kier molecular flexibility index (Phi) is 4.59. The molecule has 1 aliphatic rings. The first-order valence-electron chi connectivity index (χ1n) is 6.61. The van der Waals surface area contributed by atoms with Gasteiger partial charge in [-0.05, 0) is 30.9 Å². The first-order valence-corrected chi connectivity index (χ1v) is 6.61. The average molecular weight is 246 g/mol. The van der Waals surface area contributed by atoms with E-state index in [0.717, 1.165) is 24.1 Å². The van der Waals surface area contributed by atoms with Crippen LogP contribution in [0.1, 0.15) is 25.7 Å². The van der Waals surface area contributed by atoms with Crippen LogP contribution < -0.4 is 11.3 Å². The van der Waals surface area contributed by atoms with Gasteiger partial charge in [-0.1, -0.05) is 31.0 Å². The lowest BCUT2D eigenvalue weighted by Gasteiger charge is -2.23. The molecule has 1 saturated carbocycles. The van der Waals surface area contributed by atoms with Crippen molar-refractivity contribution in [2.45, 2.75) is 25.7 Å². The van der Waals surface area contributed by atoms with Gasteiger partial charge in [0.1, 0.15) is 0 Å². The highest BCUT2D eigenvalue weighted by Gasteiger charge is 2.18. The van der Waals surface area contributed by atoms with E-state index in [4.69, 9.17) is 5.84 Å². The average Bonchev–Trinajstić information content (AvgIpc) is 2.90. The van der Waals surface area contributed by atoms with Crippen molar-refractivity contribution < 1.29 is 0 Å². The summed E-state index contributed by atoms with van der Waals surface area (Å²) >= 11 is 0. The maximum Gasteiger partial charge on any atom is 0.213 e. The van der Waals surface area contributed by atoms with Crippen LogP contribution in [-0.2, 0) is 0 Å². The third-order valence-electron chi connectivity index (χ3n) is 3.49. The van der Waals surface area contributed by atoms with Crippen LogP contribution >= 0.6 is 0 Å². The molecule has 0 atom stereocenters. The normalized spacial score (nSPS) is 16.9. The SMILES string of the molecule is CN(CC1CCCC1)C(=Nc1ccccc1)NN. The van der Waals surface area contributed by atoms with E-state index in [9.17, 15) is 0 Å². The lowest BCUT2D eigenvalue weighted by Crippen LogP contribution is -2.44. The van der Waals surface area contributed by atoms with Crippen molar-refractivity contribution in [2.75, 3.05) is 13.6 Å². The summed E-state index contributed by atoms with van der Waals surface area (Å²) in [6, 6.07) is 9.88. The summed E-state index contributed by atoms with van der Waals surface area (Å²) in [5, 5.41) is 0. The van der Waals surface area contributed by atoms with Crippen molar-refractivity contribution in [2.24, 2.45) is 16.8 Å². The minimum absolute atomic E-state index is 0.730. The molecule has 1 aromatic carbocycles. The minimum Gasteiger partial charge on any atom is -0.344 e. The Hall–Kier alpha value is -1.55. The molecule has 3 N–H and O–H groups in total. The number of hydrogen-bond acceptors (Lipinski definition) is 2. The van der Waals surface area contributed by atoms with Gasteiger partial charge in [-0.25, -0.2) is 10.8 Å². The molecule has 4 heteroatoms. The van der Waals surface area contributed by atoms with Gasteiger partial charge >= 0.3 is 0 Å². The highest BCUT2D eigenvalue weighted by molar-refractivity contribution is 5.81. The highest BCUT2D eigenvalue weighted by atomic mass is 15.4. The van der Waals surface area contributed by atoms with Crippen molar-refractivity contribution in [3.8, 4) is 0 Å². The summed E-state index contributed by atoms with van der Waals surface area (Å²) in [6.45, 7) is 1.02. The van der Waals surface area contributed by atoms with Gasteiger partial charge < -0.3 is 4.90 Å². The van der Waals surface area contributed by atoms with Gasteiger partial charge in [-0.2, -0.15) is 0 Å². The molecule has 1 aromatic rings. The van der Waals surface area contributed by atoms with Gasteiger partial charge in [-0.15, -0.1) is 0 Å². The lowest BCUT2D eigenvalue weighted by atomic mass is 10.1. The summed E-state index contributed by atoms with van der Waals surface area (Å²) in [4.78, 5) is 6.64. The number of hydrogen-bond donors (Lipinski definition) is 2. The molecule has 0 radical (unpaired) electrons. The fraction of sp³-hybridized carbons (Fsp3) is 0.500. The van der Waals surface area contributed by atoms with Crippen molar-refractivity contribution in [1.29, 1.82) is 0 Å². The predicted octanol–water partition coefficient (Wildman–Crippen LogP) is 2.26. The molecule has 18 heavy (non-hydrogen) atoms. The van der Waals surface area contributed by atoms with Gasteiger partial charge in [0.25, 0.3) is 0 Å². The minimum atomic E-state index is 0.730. The molecule has 4 nitrogen and oxygen atoms in total. The smallest absolute Gasteiger partial charge is 0.213 e. The largest absolute Gasteiger partial charge is 0.344 e. The van der Waals surface area contributed by atoms with Crippen LogP contribution in [0.3, 0.4) is 0 Å². The predicted molar refractivity (Wildman–Crippen MR) is 75.4 cm³/mol. The zero-order chi connectivity index (χ0) is 12.8. The monoisotopic (exact) mass is 246 g/mol. The van der Waals surface area contributed by atoms with E-state index in [0.29, 0.717) is 0 Å². The van der Waals surface area contributed by atoms with Crippen LogP contribution in [0.15, 0.2) is 35.3 Å². The second-order valence-electron chi connectivity index (χ2n) is 4.95. The number of hydrazine groups is 1. The topological polar surface area (TPSA) is 53.6 Å². The van der Waals surface area contributed by atoms with E-state index in [-0.39, 0.29) is 0 Å². The Morgan fingerprint density at radius 1 is 1.33 bits per heavy atom. The van der Waals surface area contributed by atoms with Gasteiger partial charge in [0.15, 0.2) is 0 Å². The van der Waals surface area contributed by atoms with Crippen molar-refractivity contribution >= 4 is 11.6 Å². The molecule has 0 heterocycles. The zero-order valence-corrected chi connectivity index (χ0v) is 11.0. The third kappa shape index (κ3) is 3.47. The molecule has 1 fully saturated rings. The van der Waals surface area contributed by atoms with Crippen LogP contribution in [-0.4, -0.2) is 24.5 Å². The molecule has 2 rings (SSSR count). The fourth-order valence-corrected chi connectivity index (χ4v) is 2.52. The number of aliphatic imine (C=N–C) groups is 1. The van der Waals surface area contributed by atoms with E-state index < -0.39 is 0 Å². The molecular weight excluding hydrogens is 224 g/mol. The fourth-order valence-electron chi connectivity index (χ4n) is 2.52. The van der Waals surface area contributed by atoms with Crippen molar-refractivity contribution in [1.82, 2.24) is 10.3 Å². The quantitative estimate of drug-likeness (QED) is 0.372. The standard InChI is InChI=1S/C14H22N4/c1-18(11-12-7-5-6-8-12)14(17-15)16-13-9-3-2-4-10-13/h2-4,9-10,12H,5-8,11,15H2,1H3,(H,16,17). The van der Waals surface area contributed by atoms with Gasteiger partial charge in [0.2, 0.25) is 5.96 Å². The zero-order valence-electron chi connectivity index (χ0n) is 11.0. The van der Waals surface area contributed by atoms with Crippen LogP contribution in [0.4, 0.5) is 5.69 Å². The molecule has 1 aliphatic carbocycles. The summed E-state index contributed by atoms with van der Waals surface area (Å²) < 4.78 is 0. The third-order valence-corrected chi connectivity index (χ3v) is 3.49. The summed E-state index contributed by atoms with van der Waals surface area (Å²) in [5.41, 5.74) is 3.62. The van der Waals surface area contributed by atoms with Crippen LogP contribution in [0.2, 0.25) is 0 Å². The number of benzene rings is 1. The molecule has 98 valence electrons. The Balaban J connectivity index is 2.00. The maximum absolute atomic E-state index is 5.57. The van der Waals surface area contributed by atoms with E-state index >= 15 is 0 Å². The number of para-hydroxylation sites is 1. The number of guanidine groups is 1.